The number of hydrogen-bond donors (Lipinski definition) is 0. The number of ether oxygens (including phenoxy) is 2. The lowest BCUT2D eigenvalue weighted by molar-refractivity contribution is -0.117. The van der Waals surface area contributed by atoms with Gasteiger partial charge in [0.25, 0.3) is 5.78 Å². The summed E-state index contributed by atoms with van der Waals surface area (Å²) >= 11 is 0. The molecule has 4 heteroatoms. The summed E-state index contributed by atoms with van der Waals surface area (Å²) in [4.78, 5) is 12.0. The fraction of sp³-hybridized carbons (Fsp3) is 0.150. The number of fused-ring (bicyclic) bond motifs is 1. The lowest BCUT2D eigenvalue weighted by Gasteiger charge is -2.14. The molecule has 0 saturated heterocycles. The molecule has 1 aromatic rings. The molecule has 0 fully saturated rings. The Morgan fingerprint density at radius 1 is 1.08 bits per heavy atom. The van der Waals surface area contributed by atoms with Crippen LogP contribution in [0.25, 0.3) is 11.1 Å². The summed E-state index contributed by atoms with van der Waals surface area (Å²) in [6, 6.07) is 4.67. The maximum atomic E-state index is 13.5. The predicted octanol–water partition coefficient (Wildman–Crippen LogP) is 4.20. The van der Waals surface area contributed by atoms with Gasteiger partial charge in [0.05, 0.1) is 14.2 Å². The normalized spacial score (nSPS) is 16.8. The number of carbonyl (C=O) groups excluding carboxylic acids is 1. The predicted molar refractivity (Wildman–Crippen MR) is 91.3 cm³/mol. The third-order valence-electron chi connectivity index (χ3n) is 4.25. The monoisotopic (exact) mass is 324 g/mol. The van der Waals surface area contributed by atoms with Gasteiger partial charge in [-0.25, -0.2) is 4.39 Å². The van der Waals surface area contributed by atoms with Crippen LogP contribution in [0.3, 0.4) is 0 Å². The smallest absolute Gasteiger partial charge is 0.261 e. The van der Waals surface area contributed by atoms with Gasteiger partial charge in [-0.2, -0.15) is 0 Å². The van der Waals surface area contributed by atoms with E-state index < -0.39 is 0 Å². The van der Waals surface area contributed by atoms with Crippen LogP contribution in [0, 0.1) is 5.82 Å². The standard InChI is InChI=1S/C20H17FO3/c1-11-12(2)17-10-14(21)5-6-15(17)16(11)7-13-8-18(23-3)20(22)19(9-13)24-4/h5-10H,2H2,1,3-4H3. The molecule has 0 bridgehead atoms. The Morgan fingerprint density at radius 3 is 2.29 bits per heavy atom. The average molecular weight is 324 g/mol. The minimum Gasteiger partial charge on any atom is -0.492 e. The number of hydrogen-bond acceptors (Lipinski definition) is 3. The number of methoxy groups -OCH3 is 2. The molecular formula is C20H17FO3. The van der Waals surface area contributed by atoms with Crippen LogP contribution < -0.4 is 0 Å². The highest BCUT2D eigenvalue weighted by molar-refractivity contribution is 6.08. The summed E-state index contributed by atoms with van der Waals surface area (Å²) in [6.07, 6.45) is 5.25. The van der Waals surface area contributed by atoms with Crippen LogP contribution in [0.4, 0.5) is 4.39 Å². The molecule has 0 N–H and O–H groups in total. The number of carbonyl (C=O) groups is 1. The van der Waals surface area contributed by atoms with E-state index in [4.69, 9.17) is 9.47 Å². The molecule has 0 aliphatic heterocycles. The minimum absolute atomic E-state index is 0.218. The van der Waals surface area contributed by atoms with E-state index in [9.17, 15) is 9.18 Å². The van der Waals surface area contributed by atoms with Gasteiger partial charge < -0.3 is 9.47 Å². The van der Waals surface area contributed by atoms with Crippen molar-refractivity contribution in [2.75, 3.05) is 14.2 Å². The highest BCUT2D eigenvalue weighted by Crippen LogP contribution is 2.41. The third kappa shape index (κ3) is 2.50. The van der Waals surface area contributed by atoms with E-state index in [-0.39, 0.29) is 23.1 Å². The Balaban J connectivity index is 2.12. The first-order chi connectivity index (χ1) is 11.5. The van der Waals surface area contributed by atoms with Crippen LogP contribution in [-0.4, -0.2) is 20.0 Å². The highest BCUT2D eigenvalue weighted by Gasteiger charge is 2.24. The lowest BCUT2D eigenvalue weighted by atomic mass is 9.99. The van der Waals surface area contributed by atoms with Crippen molar-refractivity contribution < 1.29 is 18.7 Å². The molecule has 2 aliphatic carbocycles. The van der Waals surface area contributed by atoms with Crippen LogP contribution in [-0.2, 0) is 14.3 Å². The SMILES string of the molecule is C=C1C(C)=C(C=C2C=C(OC)C(=O)C(OC)=C2)c2ccc(F)cc21. The summed E-state index contributed by atoms with van der Waals surface area (Å²) < 4.78 is 23.8. The molecule has 0 atom stereocenters. The first kappa shape index (κ1) is 16.0. The van der Waals surface area contributed by atoms with Gasteiger partial charge in [0, 0.05) is 0 Å². The quantitative estimate of drug-likeness (QED) is 0.836. The molecule has 0 unspecified atom stereocenters. The Hall–Kier alpha value is -2.88. The van der Waals surface area contributed by atoms with Gasteiger partial charge in [0.1, 0.15) is 5.82 Å². The molecule has 2 aliphatic rings. The Bertz CT molecular complexity index is 856. The van der Waals surface area contributed by atoms with E-state index in [1.807, 2.05) is 13.0 Å². The topological polar surface area (TPSA) is 35.5 Å². The minimum atomic E-state index is -0.291. The number of halogens is 1. The molecule has 0 saturated carbocycles. The number of rotatable bonds is 3. The summed E-state index contributed by atoms with van der Waals surface area (Å²) in [5.41, 5.74) is 5.19. The largest absolute Gasteiger partial charge is 0.492 e. The molecule has 0 radical (unpaired) electrons. The van der Waals surface area contributed by atoms with Crippen LogP contribution in [0.5, 0.6) is 0 Å². The zero-order chi connectivity index (χ0) is 17.4. The molecule has 0 aromatic heterocycles. The summed E-state index contributed by atoms with van der Waals surface area (Å²) in [5.74, 6) is -0.144. The van der Waals surface area contributed by atoms with Crippen molar-refractivity contribution in [3.63, 3.8) is 0 Å². The van der Waals surface area contributed by atoms with E-state index in [1.54, 1.807) is 18.2 Å². The molecular weight excluding hydrogens is 307 g/mol. The number of allylic oxidation sites excluding steroid dienone is 7. The molecule has 0 amide bonds. The molecule has 0 heterocycles. The zero-order valence-electron chi connectivity index (χ0n) is 13.8. The van der Waals surface area contributed by atoms with E-state index in [0.29, 0.717) is 0 Å². The first-order valence-corrected chi connectivity index (χ1v) is 7.44. The molecule has 0 spiro atoms. The molecule has 122 valence electrons. The van der Waals surface area contributed by atoms with Crippen LogP contribution >= 0.6 is 0 Å². The molecule has 3 rings (SSSR count). The van der Waals surface area contributed by atoms with Crippen molar-refractivity contribution in [3.8, 4) is 0 Å². The van der Waals surface area contributed by atoms with Gasteiger partial charge in [-0.1, -0.05) is 12.6 Å². The second-order valence-corrected chi connectivity index (χ2v) is 5.61. The maximum Gasteiger partial charge on any atom is 0.261 e. The molecule has 24 heavy (non-hydrogen) atoms. The van der Waals surface area contributed by atoms with E-state index in [1.165, 1.54) is 26.4 Å². The van der Waals surface area contributed by atoms with Gasteiger partial charge in [0.2, 0.25) is 0 Å². The van der Waals surface area contributed by atoms with E-state index in [0.717, 1.165) is 33.4 Å². The third-order valence-corrected chi connectivity index (χ3v) is 4.25. The zero-order valence-corrected chi connectivity index (χ0v) is 13.8. The van der Waals surface area contributed by atoms with Gasteiger partial charge in [-0.3, -0.25) is 4.79 Å². The van der Waals surface area contributed by atoms with Crippen molar-refractivity contribution in [1.29, 1.82) is 0 Å². The maximum absolute atomic E-state index is 13.5. The van der Waals surface area contributed by atoms with Gasteiger partial charge in [0.15, 0.2) is 11.5 Å². The molecule has 3 nitrogen and oxygen atoms in total. The fourth-order valence-electron chi connectivity index (χ4n) is 2.90. The van der Waals surface area contributed by atoms with Gasteiger partial charge in [-0.15, -0.1) is 0 Å². The number of Topliss-reactive ketones (excluding diaryl/α,β-unsaturated/α-hetero) is 1. The molecule has 1 aromatic carbocycles. The Kier molecular flexibility index (Phi) is 3.97. The summed E-state index contributed by atoms with van der Waals surface area (Å²) in [7, 11) is 2.89. The van der Waals surface area contributed by atoms with Crippen molar-refractivity contribution >= 4 is 16.9 Å². The second-order valence-electron chi connectivity index (χ2n) is 5.61. The van der Waals surface area contributed by atoms with Crippen LogP contribution in [0.1, 0.15) is 18.1 Å². The van der Waals surface area contributed by atoms with E-state index >= 15 is 0 Å². The van der Waals surface area contributed by atoms with Crippen molar-refractivity contribution in [1.82, 2.24) is 0 Å². The lowest BCUT2D eigenvalue weighted by Crippen LogP contribution is -2.13. The van der Waals surface area contributed by atoms with Crippen molar-refractivity contribution in [3.05, 3.63) is 82.6 Å². The number of ketones is 1. The Morgan fingerprint density at radius 2 is 1.71 bits per heavy atom. The Labute approximate surface area is 140 Å². The average Bonchev–Trinajstić information content (AvgIpc) is 2.80. The van der Waals surface area contributed by atoms with Crippen molar-refractivity contribution in [2.45, 2.75) is 6.92 Å². The first-order valence-electron chi connectivity index (χ1n) is 7.44. The van der Waals surface area contributed by atoms with E-state index in [2.05, 4.69) is 6.58 Å². The van der Waals surface area contributed by atoms with Crippen LogP contribution in [0.15, 0.2) is 65.7 Å². The summed E-state index contributed by atoms with van der Waals surface area (Å²) in [6.45, 7) is 5.99. The highest BCUT2D eigenvalue weighted by atomic mass is 19.1. The number of benzene rings is 1. The van der Waals surface area contributed by atoms with Crippen molar-refractivity contribution in [2.24, 2.45) is 0 Å². The van der Waals surface area contributed by atoms with Gasteiger partial charge in [-0.05, 0) is 70.7 Å². The van der Waals surface area contributed by atoms with Crippen LogP contribution in [0.2, 0.25) is 0 Å². The fourth-order valence-corrected chi connectivity index (χ4v) is 2.90. The van der Waals surface area contributed by atoms with Gasteiger partial charge >= 0.3 is 0 Å². The second kappa shape index (κ2) is 5.96. The summed E-state index contributed by atoms with van der Waals surface area (Å²) in [5, 5.41) is 0.